The van der Waals surface area contributed by atoms with Crippen molar-refractivity contribution in [3.05, 3.63) is 0 Å². The van der Waals surface area contributed by atoms with Crippen LogP contribution in [0.5, 0.6) is 0 Å². The molecule has 1 N–H and O–H groups in total. The summed E-state index contributed by atoms with van der Waals surface area (Å²) in [4.78, 5) is 0. The first-order valence-electron chi connectivity index (χ1n) is 6.78. The van der Waals surface area contributed by atoms with Crippen molar-refractivity contribution in [3.63, 3.8) is 0 Å². The van der Waals surface area contributed by atoms with Crippen molar-refractivity contribution in [1.82, 2.24) is 0 Å². The van der Waals surface area contributed by atoms with Gasteiger partial charge in [0.1, 0.15) is 0 Å². The number of ether oxygens (including phenoxy) is 1. The Morgan fingerprint density at radius 3 is 2.00 bits per heavy atom. The van der Waals surface area contributed by atoms with Gasteiger partial charge >= 0.3 is 0 Å². The summed E-state index contributed by atoms with van der Waals surface area (Å²) in [5, 5.41) is 8.59. The van der Waals surface area contributed by atoms with E-state index in [1.165, 1.54) is 0 Å². The number of halogens is 1. The number of aliphatic hydroxyl groups is 1. The zero-order valence-corrected chi connectivity index (χ0v) is 14.3. The molecule has 18 heavy (non-hydrogen) atoms. The van der Waals surface area contributed by atoms with Gasteiger partial charge in [-0.25, -0.2) is 0 Å². The lowest BCUT2D eigenvalue weighted by atomic mass is 10.5. The molecular formula is C12H29FO3Si2. The zero-order chi connectivity index (χ0) is 14.1. The third kappa shape index (κ3) is 10.2. The molecule has 0 saturated carbocycles. The minimum absolute atomic E-state index is 0.0838. The minimum atomic E-state index is -1.69. The van der Waals surface area contributed by atoms with Crippen LogP contribution < -0.4 is 0 Å². The van der Waals surface area contributed by atoms with E-state index in [4.69, 9.17) is 14.0 Å². The molecule has 0 aromatic heterocycles. The monoisotopic (exact) mass is 296 g/mol. The van der Waals surface area contributed by atoms with Gasteiger partial charge in [-0.2, -0.15) is 0 Å². The average molecular weight is 297 g/mol. The van der Waals surface area contributed by atoms with Gasteiger partial charge in [0.15, 0.2) is 16.6 Å². The fourth-order valence-electron chi connectivity index (χ4n) is 2.11. The van der Waals surface area contributed by atoms with Crippen molar-refractivity contribution in [3.8, 4) is 0 Å². The normalized spacial score (nSPS) is 13.0. The smallest absolute Gasteiger partial charge is 0.173 e. The van der Waals surface area contributed by atoms with E-state index in [2.05, 4.69) is 26.2 Å². The molecule has 0 heterocycles. The van der Waals surface area contributed by atoms with E-state index in [0.29, 0.717) is 19.6 Å². The number of aliphatic hydroxyl groups excluding tert-OH is 1. The molecule has 6 heteroatoms. The lowest BCUT2D eigenvalue weighted by Gasteiger charge is -2.34. The Kier molecular flexibility index (Phi) is 9.32. The first-order valence-corrected chi connectivity index (χ1v) is 13.0. The highest BCUT2D eigenvalue weighted by atomic mass is 28.4. The first-order chi connectivity index (χ1) is 8.33. The first kappa shape index (κ1) is 18.2. The number of hydrogen-bond donors (Lipinski definition) is 1. The molecule has 0 amide bonds. The maximum atomic E-state index is 12.2. The summed E-state index contributed by atoms with van der Waals surface area (Å²) < 4.78 is 23.8. The Labute approximate surface area is 113 Å². The topological polar surface area (TPSA) is 38.7 Å². The second kappa shape index (κ2) is 9.20. The Hall–Kier alpha value is 0.244. The van der Waals surface area contributed by atoms with E-state index < -0.39 is 16.6 Å². The molecule has 0 radical (unpaired) electrons. The molecule has 0 atom stereocenters. The number of rotatable bonds is 11. The molecule has 0 aromatic rings. The van der Waals surface area contributed by atoms with Crippen molar-refractivity contribution in [1.29, 1.82) is 0 Å². The lowest BCUT2D eigenvalue weighted by Crippen LogP contribution is -2.44. The van der Waals surface area contributed by atoms with Gasteiger partial charge in [-0.1, -0.05) is 0 Å². The molecule has 0 aliphatic carbocycles. The summed E-state index contributed by atoms with van der Waals surface area (Å²) in [6.45, 7) is 9.76. The summed E-state index contributed by atoms with van der Waals surface area (Å²) in [5.41, 5.74) is 0. The maximum Gasteiger partial charge on any atom is 0.173 e. The van der Waals surface area contributed by atoms with E-state index in [1.54, 1.807) is 0 Å². The van der Waals surface area contributed by atoms with Crippen LogP contribution in [0.1, 0.15) is 12.8 Å². The zero-order valence-electron chi connectivity index (χ0n) is 12.3. The molecule has 0 rings (SSSR count). The summed E-state index contributed by atoms with van der Waals surface area (Å²) in [6, 6.07) is 1.96. The van der Waals surface area contributed by atoms with Crippen LogP contribution in [0.4, 0.5) is 4.39 Å². The largest absolute Gasteiger partial charge is 0.455 e. The summed E-state index contributed by atoms with van der Waals surface area (Å²) >= 11 is 0. The number of hydrogen-bond acceptors (Lipinski definition) is 3. The van der Waals surface area contributed by atoms with Crippen LogP contribution in [0.25, 0.3) is 0 Å². The molecule has 110 valence electrons. The average Bonchev–Trinajstić information content (AvgIpc) is 2.24. The maximum absolute atomic E-state index is 12.2. The van der Waals surface area contributed by atoms with Crippen LogP contribution in [-0.2, 0) is 8.85 Å². The Bertz CT molecular complexity index is 213. The van der Waals surface area contributed by atoms with Gasteiger partial charge in [0.25, 0.3) is 0 Å². The van der Waals surface area contributed by atoms with Crippen molar-refractivity contribution < 1.29 is 18.3 Å². The SMILES string of the molecule is C[Si](C)(CCCF)O[Si](C)(C)CCCOCCO. The summed E-state index contributed by atoms with van der Waals surface area (Å²) in [7, 11) is -3.35. The number of alkyl halides is 1. The lowest BCUT2D eigenvalue weighted by molar-refractivity contribution is 0.0924. The van der Waals surface area contributed by atoms with E-state index in [1.807, 2.05) is 0 Å². The molecule has 0 spiro atoms. The fourth-order valence-corrected chi connectivity index (χ4v) is 10.9. The molecule has 0 bridgehead atoms. The van der Waals surface area contributed by atoms with Gasteiger partial charge in [-0.05, 0) is 51.1 Å². The molecule has 0 fully saturated rings. The molecule has 0 aromatic carbocycles. The highest BCUT2D eigenvalue weighted by Gasteiger charge is 2.32. The van der Waals surface area contributed by atoms with Crippen molar-refractivity contribution in [2.45, 2.75) is 51.1 Å². The standard InChI is InChI=1S/C12H29FO3Si2/c1-17(2,11-5-7-13)16-18(3,4)12-6-9-15-10-8-14/h14H,5-12H2,1-4H3. The van der Waals surface area contributed by atoms with E-state index in [9.17, 15) is 4.39 Å². The third-order valence-electron chi connectivity index (χ3n) is 2.77. The van der Waals surface area contributed by atoms with Gasteiger partial charge in [0, 0.05) is 6.61 Å². The fraction of sp³-hybridized carbons (Fsp3) is 1.00. The second-order valence-corrected chi connectivity index (χ2v) is 14.7. The van der Waals surface area contributed by atoms with Crippen LogP contribution >= 0.6 is 0 Å². The van der Waals surface area contributed by atoms with Crippen molar-refractivity contribution >= 4 is 16.6 Å². The highest BCUT2D eigenvalue weighted by Crippen LogP contribution is 2.23. The minimum Gasteiger partial charge on any atom is -0.455 e. The van der Waals surface area contributed by atoms with E-state index in [-0.39, 0.29) is 13.3 Å². The summed E-state index contributed by atoms with van der Waals surface area (Å²) in [5.74, 6) is 0. The van der Waals surface area contributed by atoms with Crippen LogP contribution in [0.15, 0.2) is 0 Å². The van der Waals surface area contributed by atoms with Crippen molar-refractivity contribution in [2.75, 3.05) is 26.5 Å². The molecule has 3 nitrogen and oxygen atoms in total. The Morgan fingerprint density at radius 2 is 1.50 bits per heavy atom. The van der Waals surface area contributed by atoms with Gasteiger partial charge in [-0.15, -0.1) is 0 Å². The quantitative estimate of drug-likeness (QED) is 0.470. The molecule has 0 saturated heterocycles. The van der Waals surface area contributed by atoms with Crippen LogP contribution in [0.2, 0.25) is 38.3 Å². The highest BCUT2D eigenvalue weighted by molar-refractivity contribution is 6.84. The predicted molar refractivity (Wildman–Crippen MR) is 78.8 cm³/mol. The van der Waals surface area contributed by atoms with Gasteiger partial charge in [0.2, 0.25) is 0 Å². The molecule has 0 aliphatic rings. The Morgan fingerprint density at radius 1 is 0.944 bits per heavy atom. The summed E-state index contributed by atoms with van der Waals surface area (Å²) in [6.07, 6.45) is 1.61. The molecule has 0 unspecified atom stereocenters. The second-order valence-electron chi connectivity index (χ2n) is 5.85. The van der Waals surface area contributed by atoms with E-state index in [0.717, 1.165) is 18.5 Å². The van der Waals surface area contributed by atoms with Crippen LogP contribution in [0, 0.1) is 0 Å². The Balaban J connectivity index is 3.89. The van der Waals surface area contributed by atoms with Crippen molar-refractivity contribution in [2.24, 2.45) is 0 Å². The van der Waals surface area contributed by atoms with Gasteiger partial charge < -0.3 is 14.0 Å². The van der Waals surface area contributed by atoms with Crippen LogP contribution in [0.3, 0.4) is 0 Å². The third-order valence-corrected chi connectivity index (χ3v) is 10.3. The van der Waals surface area contributed by atoms with Gasteiger partial charge in [-0.3, -0.25) is 4.39 Å². The van der Waals surface area contributed by atoms with Gasteiger partial charge in [0.05, 0.1) is 19.9 Å². The predicted octanol–water partition coefficient (Wildman–Crippen LogP) is 3.17. The molecule has 0 aliphatic heterocycles. The van der Waals surface area contributed by atoms with E-state index >= 15 is 0 Å². The van der Waals surface area contributed by atoms with Crippen LogP contribution in [-0.4, -0.2) is 48.2 Å². The molecular weight excluding hydrogens is 267 g/mol.